The number of likely N-dealkylation sites (tertiary alicyclic amines) is 1. The summed E-state index contributed by atoms with van der Waals surface area (Å²) in [6.45, 7) is 8.32. The Balaban J connectivity index is 0.00000242. The highest BCUT2D eigenvalue weighted by molar-refractivity contribution is 5.85. The molecule has 0 amide bonds. The number of ether oxygens (including phenoxy) is 1. The van der Waals surface area contributed by atoms with E-state index in [1.807, 2.05) is 25.1 Å². The lowest BCUT2D eigenvalue weighted by Crippen LogP contribution is -2.47. The molecule has 0 aromatic heterocycles. The van der Waals surface area contributed by atoms with E-state index in [0.29, 0.717) is 12.5 Å². The second-order valence-corrected chi connectivity index (χ2v) is 5.98. The minimum atomic E-state index is -0.432. The minimum absolute atomic E-state index is 0. The Morgan fingerprint density at radius 1 is 1.23 bits per heavy atom. The number of benzene rings is 1. The maximum absolute atomic E-state index is 11.9. The second-order valence-electron chi connectivity index (χ2n) is 5.98. The SMILES string of the molecule is CCC(=O)OC1(c2ccccc2)CCN(C(C)CC)CC1.Cl. The van der Waals surface area contributed by atoms with E-state index in [1.54, 1.807) is 0 Å². The summed E-state index contributed by atoms with van der Waals surface area (Å²) in [7, 11) is 0. The van der Waals surface area contributed by atoms with Crippen LogP contribution in [0.1, 0.15) is 52.0 Å². The number of carbonyl (C=O) groups is 1. The van der Waals surface area contributed by atoms with Crippen molar-refractivity contribution in [3.05, 3.63) is 35.9 Å². The molecule has 1 aliphatic rings. The largest absolute Gasteiger partial charge is 0.454 e. The number of halogens is 1. The van der Waals surface area contributed by atoms with Gasteiger partial charge in [0.2, 0.25) is 0 Å². The van der Waals surface area contributed by atoms with Gasteiger partial charge >= 0.3 is 5.97 Å². The number of esters is 1. The van der Waals surface area contributed by atoms with Gasteiger partial charge in [-0.3, -0.25) is 4.79 Å². The summed E-state index contributed by atoms with van der Waals surface area (Å²) in [4.78, 5) is 14.4. The van der Waals surface area contributed by atoms with Crippen LogP contribution in [0.4, 0.5) is 0 Å². The first kappa shape index (κ1) is 19.0. The molecule has 0 bridgehead atoms. The Bertz CT molecular complexity index is 455. The van der Waals surface area contributed by atoms with Crippen LogP contribution in [-0.2, 0) is 15.1 Å². The first-order chi connectivity index (χ1) is 10.1. The topological polar surface area (TPSA) is 29.5 Å². The van der Waals surface area contributed by atoms with Crippen molar-refractivity contribution in [3.8, 4) is 0 Å². The normalized spacial score (nSPS) is 19.0. The van der Waals surface area contributed by atoms with Crippen LogP contribution in [0.15, 0.2) is 30.3 Å². The van der Waals surface area contributed by atoms with E-state index >= 15 is 0 Å². The van der Waals surface area contributed by atoms with Crippen molar-refractivity contribution in [1.82, 2.24) is 4.90 Å². The average molecular weight is 326 g/mol. The van der Waals surface area contributed by atoms with Crippen molar-refractivity contribution in [2.75, 3.05) is 13.1 Å². The summed E-state index contributed by atoms with van der Waals surface area (Å²) >= 11 is 0. The van der Waals surface area contributed by atoms with E-state index in [9.17, 15) is 4.79 Å². The van der Waals surface area contributed by atoms with E-state index in [1.165, 1.54) is 0 Å². The van der Waals surface area contributed by atoms with Gasteiger partial charge in [0.1, 0.15) is 5.60 Å². The second kappa shape index (κ2) is 8.54. The molecule has 2 rings (SSSR count). The standard InChI is InChI=1S/C18H27NO2.ClH/c1-4-15(3)19-13-11-18(12-14-19,21-17(20)5-2)16-9-7-6-8-10-16;/h6-10,15H,4-5,11-14H2,1-3H3;1H. The lowest BCUT2D eigenvalue weighted by Gasteiger charge is -2.43. The highest BCUT2D eigenvalue weighted by Crippen LogP contribution is 2.37. The van der Waals surface area contributed by atoms with Gasteiger partial charge in [0.15, 0.2) is 0 Å². The lowest BCUT2D eigenvalue weighted by atomic mass is 9.83. The molecule has 0 aliphatic carbocycles. The van der Waals surface area contributed by atoms with Gasteiger partial charge in [-0.05, 0) is 18.9 Å². The van der Waals surface area contributed by atoms with Crippen molar-refractivity contribution < 1.29 is 9.53 Å². The van der Waals surface area contributed by atoms with Crippen LogP contribution in [0.5, 0.6) is 0 Å². The molecule has 4 heteroatoms. The first-order valence-electron chi connectivity index (χ1n) is 8.12. The minimum Gasteiger partial charge on any atom is -0.454 e. The molecular formula is C18H28ClNO2. The fraction of sp³-hybridized carbons (Fsp3) is 0.611. The molecule has 1 aromatic rings. The van der Waals surface area contributed by atoms with Crippen molar-refractivity contribution in [2.24, 2.45) is 0 Å². The highest BCUT2D eigenvalue weighted by atomic mass is 35.5. The zero-order valence-electron chi connectivity index (χ0n) is 13.9. The van der Waals surface area contributed by atoms with Crippen LogP contribution in [0.25, 0.3) is 0 Å². The van der Waals surface area contributed by atoms with Crippen molar-refractivity contribution >= 4 is 18.4 Å². The molecule has 124 valence electrons. The van der Waals surface area contributed by atoms with Crippen LogP contribution in [0.2, 0.25) is 0 Å². The van der Waals surface area contributed by atoms with Crippen molar-refractivity contribution in [2.45, 2.75) is 58.1 Å². The molecule has 1 saturated heterocycles. The molecule has 1 unspecified atom stereocenters. The molecule has 3 nitrogen and oxygen atoms in total. The van der Waals surface area contributed by atoms with Gasteiger partial charge in [-0.2, -0.15) is 0 Å². The molecule has 1 aromatic carbocycles. The summed E-state index contributed by atoms with van der Waals surface area (Å²) in [5.41, 5.74) is 0.703. The van der Waals surface area contributed by atoms with E-state index in [4.69, 9.17) is 4.74 Å². The van der Waals surface area contributed by atoms with Crippen LogP contribution in [-0.4, -0.2) is 30.0 Å². The van der Waals surface area contributed by atoms with E-state index in [-0.39, 0.29) is 18.4 Å². The maximum Gasteiger partial charge on any atom is 0.306 e. The number of hydrogen-bond acceptors (Lipinski definition) is 3. The summed E-state index contributed by atoms with van der Waals surface area (Å²) < 4.78 is 5.91. The van der Waals surface area contributed by atoms with E-state index in [2.05, 4.69) is 30.9 Å². The summed E-state index contributed by atoms with van der Waals surface area (Å²) in [6, 6.07) is 10.8. The highest BCUT2D eigenvalue weighted by Gasteiger charge is 2.40. The van der Waals surface area contributed by atoms with Gasteiger partial charge < -0.3 is 9.64 Å². The molecule has 0 saturated carbocycles. The molecule has 1 heterocycles. The lowest BCUT2D eigenvalue weighted by molar-refractivity contribution is -0.167. The van der Waals surface area contributed by atoms with Crippen LogP contribution >= 0.6 is 12.4 Å². The number of carbonyl (C=O) groups excluding carboxylic acids is 1. The monoisotopic (exact) mass is 325 g/mol. The predicted octanol–water partition coefficient (Wildman–Crippen LogP) is 4.15. The van der Waals surface area contributed by atoms with Crippen LogP contribution < -0.4 is 0 Å². The van der Waals surface area contributed by atoms with Gasteiger partial charge in [0.05, 0.1) is 0 Å². The number of rotatable bonds is 5. The Morgan fingerprint density at radius 2 is 1.82 bits per heavy atom. The van der Waals surface area contributed by atoms with Crippen LogP contribution in [0.3, 0.4) is 0 Å². The molecule has 0 spiro atoms. The third-order valence-corrected chi connectivity index (χ3v) is 4.72. The molecule has 1 aliphatic heterocycles. The van der Waals surface area contributed by atoms with Crippen molar-refractivity contribution in [3.63, 3.8) is 0 Å². The molecule has 0 radical (unpaired) electrons. The smallest absolute Gasteiger partial charge is 0.306 e. The number of nitrogens with zero attached hydrogens (tertiary/aromatic N) is 1. The maximum atomic E-state index is 11.9. The summed E-state index contributed by atoms with van der Waals surface area (Å²) in [6.07, 6.45) is 3.36. The zero-order chi connectivity index (χ0) is 15.3. The zero-order valence-corrected chi connectivity index (χ0v) is 14.7. The van der Waals surface area contributed by atoms with Crippen LogP contribution in [0, 0.1) is 0 Å². The van der Waals surface area contributed by atoms with Gasteiger partial charge in [-0.25, -0.2) is 0 Å². The fourth-order valence-corrected chi connectivity index (χ4v) is 3.07. The Hall–Kier alpha value is -1.06. The summed E-state index contributed by atoms with van der Waals surface area (Å²) in [5.74, 6) is -0.101. The number of hydrogen-bond donors (Lipinski definition) is 0. The predicted molar refractivity (Wildman–Crippen MR) is 92.3 cm³/mol. The third-order valence-electron chi connectivity index (χ3n) is 4.72. The van der Waals surface area contributed by atoms with Gasteiger partial charge in [-0.1, -0.05) is 44.2 Å². The number of piperidine rings is 1. The Kier molecular flexibility index (Phi) is 7.37. The Morgan fingerprint density at radius 3 is 2.32 bits per heavy atom. The third kappa shape index (κ3) is 4.23. The molecule has 1 fully saturated rings. The molecule has 22 heavy (non-hydrogen) atoms. The first-order valence-corrected chi connectivity index (χ1v) is 8.12. The fourth-order valence-electron chi connectivity index (χ4n) is 3.07. The summed E-state index contributed by atoms with van der Waals surface area (Å²) in [5, 5.41) is 0. The van der Waals surface area contributed by atoms with E-state index < -0.39 is 5.60 Å². The molecule has 1 atom stereocenters. The van der Waals surface area contributed by atoms with Gasteiger partial charge in [0.25, 0.3) is 0 Å². The van der Waals surface area contributed by atoms with Gasteiger partial charge in [0, 0.05) is 38.4 Å². The molecular weight excluding hydrogens is 298 g/mol. The quantitative estimate of drug-likeness (QED) is 0.762. The van der Waals surface area contributed by atoms with E-state index in [0.717, 1.165) is 37.9 Å². The Labute approximate surface area is 140 Å². The van der Waals surface area contributed by atoms with Gasteiger partial charge in [-0.15, -0.1) is 12.4 Å². The molecule has 0 N–H and O–H groups in total. The average Bonchev–Trinajstić information content (AvgIpc) is 2.55. The van der Waals surface area contributed by atoms with Crippen molar-refractivity contribution in [1.29, 1.82) is 0 Å².